The van der Waals surface area contributed by atoms with Gasteiger partial charge < -0.3 is 0 Å². The summed E-state index contributed by atoms with van der Waals surface area (Å²) in [6.07, 6.45) is 8.78. The van der Waals surface area contributed by atoms with Gasteiger partial charge in [-0.25, -0.2) is 0 Å². The first-order valence-corrected chi connectivity index (χ1v) is 7.32. The third kappa shape index (κ3) is 5.83. The maximum absolute atomic E-state index is 10.5. The van der Waals surface area contributed by atoms with Crippen LogP contribution in [0.25, 0.3) is 0 Å². The summed E-state index contributed by atoms with van der Waals surface area (Å²) in [7, 11) is -0.713. The molecule has 1 aromatic rings. The lowest BCUT2D eigenvalue weighted by Crippen LogP contribution is -1.89. The minimum Gasteiger partial charge on any atom is -0.256 e. The fraction of sp³-hybridized carbons (Fsp3) is 0.571. The lowest BCUT2D eigenvalue weighted by Gasteiger charge is -2.03. The van der Waals surface area contributed by atoms with Gasteiger partial charge in [0.2, 0.25) is 0 Å². The van der Waals surface area contributed by atoms with Gasteiger partial charge in [-0.15, -0.1) is 0 Å². The van der Waals surface area contributed by atoms with Gasteiger partial charge in [-0.1, -0.05) is 57.2 Å². The Morgan fingerprint density at radius 2 is 1.76 bits per heavy atom. The molecular weight excluding hydrogens is 231 g/mol. The lowest BCUT2D eigenvalue weighted by atomic mass is 10.0. The van der Waals surface area contributed by atoms with Crippen LogP contribution in [0.2, 0.25) is 0 Å². The molecule has 0 radical (unpaired) electrons. The Morgan fingerprint density at radius 3 is 2.53 bits per heavy atom. The summed E-state index contributed by atoms with van der Waals surface area (Å²) in [5.41, 5.74) is 1.17. The number of unbranched alkanes of at least 4 members (excludes halogenated alkanes) is 5. The van der Waals surface area contributed by atoms with Gasteiger partial charge in [-0.2, -0.15) is 0 Å². The molecule has 2 nitrogen and oxygen atoms in total. The van der Waals surface area contributed by atoms with Crippen LogP contribution in [-0.4, -0.2) is 0 Å². The topological polar surface area (TPSA) is 26.3 Å². The minimum atomic E-state index is -0.713. The Labute approximate surface area is 106 Å². The highest BCUT2D eigenvalue weighted by Gasteiger charge is 2.05. The maximum Gasteiger partial charge on any atom is 0.542 e. The number of rotatable bonds is 9. The highest BCUT2D eigenvalue weighted by molar-refractivity contribution is 7.17. The molecule has 0 aromatic heterocycles. The van der Waals surface area contributed by atoms with E-state index in [9.17, 15) is 4.57 Å². The quantitative estimate of drug-likeness (QED) is 0.462. The van der Waals surface area contributed by atoms with Crippen molar-refractivity contribution in [2.45, 2.75) is 51.9 Å². The standard InChI is InChI=1S/C14H22O2P/c1-2-3-4-5-6-7-10-13-11-8-9-12-14(13)16-17-15/h8-9,11-12,17H,2-7,10H2,1H3/q+1. The number of benzene rings is 1. The van der Waals surface area contributed by atoms with Crippen LogP contribution in [-0.2, 0) is 11.0 Å². The van der Waals surface area contributed by atoms with Crippen molar-refractivity contribution in [2.24, 2.45) is 0 Å². The lowest BCUT2D eigenvalue weighted by molar-refractivity contribution is 0.520. The van der Waals surface area contributed by atoms with Crippen LogP contribution in [0.5, 0.6) is 5.75 Å². The predicted molar refractivity (Wildman–Crippen MR) is 73.2 cm³/mol. The normalized spacial score (nSPS) is 10.6. The van der Waals surface area contributed by atoms with Crippen molar-refractivity contribution in [3.63, 3.8) is 0 Å². The molecule has 1 rings (SSSR count). The Hall–Kier alpha value is -0.880. The van der Waals surface area contributed by atoms with E-state index in [0.29, 0.717) is 0 Å². The highest BCUT2D eigenvalue weighted by Crippen LogP contribution is 2.23. The van der Waals surface area contributed by atoms with Crippen LogP contribution in [0.4, 0.5) is 0 Å². The van der Waals surface area contributed by atoms with Crippen molar-refractivity contribution >= 4 is 8.69 Å². The van der Waals surface area contributed by atoms with E-state index in [1.807, 2.05) is 18.2 Å². The van der Waals surface area contributed by atoms with Crippen molar-refractivity contribution in [2.75, 3.05) is 0 Å². The molecule has 3 heteroatoms. The molecule has 0 saturated carbocycles. The molecule has 0 bridgehead atoms. The van der Waals surface area contributed by atoms with Crippen LogP contribution in [0.3, 0.4) is 0 Å². The Bertz CT molecular complexity index is 326. The summed E-state index contributed by atoms with van der Waals surface area (Å²) in [6, 6.07) is 7.87. The van der Waals surface area contributed by atoms with E-state index in [0.717, 1.165) is 12.2 Å². The van der Waals surface area contributed by atoms with Crippen LogP contribution in [0.1, 0.15) is 51.0 Å². The molecule has 1 atom stereocenters. The second kappa shape index (κ2) is 9.18. The summed E-state index contributed by atoms with van der Waals surface area (Å²) in [6.45, 7) is 2.23. The van der Waals surface area contributed by atoms with Gasteiger partial charge in [0.15, 0.2) is 5.75 Å². The molecule has 0 aliphatic heterocycles. The molecule has 0 aliphatic rings. The average molecular weight is 253 g/mol. The molecule has 17 heavy (non-hydrogen) atoms. The largest absolute Gasteiger partial charge is 0.542 e. The Morgan fingerprint density at radius 1 is 1.06 bits per heavy atom. The number of para-hydroxylation sites is 1. The van der Waals surface area contributed by atoms with E-state index < -0.39 is 8.69 Å². The zero-order valence-electron chi connectivity index (χ0n) is 10.6. The minimum absolute atomic E-state index is 0.713. The fourth-order valence-electron chi connectivity index (χ4n) is 1.95. The summed E-state index contributed by atoms with van der Waals surface area (Å²) in [5, 5.41) is 0. The van der Waals surface area contributed by atoms with E-state index in [1.54, 1.807) is 0 Å². The number of hydrogen-bond acceptors (Lipinski definition) is 2. The molecule has 94 valence electrons. The third-order valence-corrected chi connectivity index (χ3v) is 3.23. The summed E-state index contributed by atoms with van der Waals surface area (Å²) >= 11 is 0. The van der Waals surface area contributed by atoms with Crippen LogP contribution in [0, 0.1) is 0 Å². The van der Waals surface area contributed by atoms with Crippen LogP contribution in [0.15, 0.2) is 24.3 Å². The van der Waals surface area contributed by atoms with Crippen molar-refractivity contribution in [1.29, 1.82) is 0 Å². The molecule has 1 unspecified atom stereocenters. The first kappa shape index (κ1) is 14.2. The molecule has 1 aromatic carbocycles. The molecule has 0 saturated heterocycles. The van der Waals surface area contributed by atoms with Gasteiger partial charge in [0, 0.05) is 5.56 Å². The first-order valence-electron chi connectivity index (χ1n) is 6.50. The van der Waals surface area contributed by atoms with E-state index in [4.69, 9.17) is 4.52 Å². The highest BCUT2D eigenvalue weighted by atomic mass is 31.1. The second-order valence-electron chi connectivity index (χ2n) is 4.31. The fourth-order valence-corrected chi connectivity index (χ4v) is 2.24. The van der Waals surface area contributed by atoms with Crippen LogP contribution >= 0.6 is 8.69 Å². The maximum atomic E-state index is 10.5. The Kier molecular flexibility index (Phi) is 7.66. The molecule has 0 fully saturated rings. The van der Waals surface area contributed by atoms with Crippen molar-refractivity contribution in [3.8, 4) is 5.75 Å². The van der Waals surface area contributed by atoms with Gasteiger partial charge in [0.25, 0.3) is 0 Å². The molecular formula is C14H22O2P+. The van der Waals surface area contributed by atoms with Gasteiger partial charge in [0.05, 0.1) is 0 Å². The van der Waals surface area contributed by atoms with Gasteiger partial charge in [0.1, 0.15) is 0 Å². The molecule has 0 spiro atoms. The Balaban J connectivity index is 2.28. The summed E-state index contributed by atoms with van der Waals surface area (Å²) in [4.78, 5) is 0. The zero-order chi connectivity index (χ0) is 12.3. The third-order valence-electron chi connectivity index (χ3n) is 2.92. The van der Waals surface area contributed by atoms with Gasteiger partial charge in [-0.05, 0) is 23.5 Å². The monoisotopic (exact) mass is 253 g/mol. The molecule has 0 aliphatic carbocycles. The number of hydrogen-bond donors (Lipinski definition) is 0. The smallest absolute Gasteiger partial charge is 0.256 e. The van der Waals surface area contributed by atoms with E-state index in [-0.39, 0.29) is 0 Å². The van der Waals surface area contributed by atoms with E-state index >= 15 is 0 Å². The van der Waals surface area contributed by atoms with Crippen molar-refractivity contribution in [1.82, 2.24) is 0 Å². The van der Waals surface area contributed by atoms with E-state index in [2.05, 4.69) is 13.0 Å². The second-order valence-corrected chi connectivity index (χ2v) is 4.68. The molecule has 0 amide bonds. The SMILES string of the molecule is CCCCCCCCc1ccccc1O[PH+]=O. The molecule has 0 N–H and O–H groups in total. The van der Waals surface area contributed by atoms with E-state index in [1.165, 1.54) is 44.1 Å². The average Bonchev–Trinajstić information content (AvgIpc) is 2.36. The van der Waals surface area contributed by atoms with Gasteiger partial charge >= 0.3 is 8.69 Å². The number of aryl methyl sites for hydroxylation is 1. The van der Waals surface area contributed by atoms with Crippen molar-refractivity contribution in [3.05, 3.63) is 29.8 Å². The zero-order valence-corrected chi connectivity index (χ0v) is 11.6. The van der Waals surface area contributed by atoms with Gasteiger partial charge in [-0.3, -0.25) is 4.52 Å². The first-order chi connectivity index (χ1) is 8.38. The van der Waals surface area contributed by atoms with Crippen molar-refractivity contribution < 1.29 is 9.09 Å². The summed E-state index contributed by atoms with van der Waals surface area (Å²) < 4.78 is 15.6. The van der Waals surface area contributed by atoms with Crippen LogP contribution < -0.4 is 4.52 Å². The summed E-state index contributed by atoms with van der Waals surface area (Å²) in [5.74, 6) is 0.773. The predicted octanol–water partition coefficient (Wildman–Crippen LogP) is 4.91. The molecule has 0 heterocycles.